The normalized spacial score (nSPS) is 12.1. The quantitative estimate of drug-likeness (QED) is 0.518. The molecule has 4 rings (SSSR count). The lowest BCUT2D eigenvalue weighted by atomic mass is 10.3. The van der Waals surface area contributed by atoms with Crippen molar-refractivity contribution in [2.24, 2.45) is 0 Å². The van der Waals surface area contributed by atoms with Crippen LogP contribution >= 0.6 is 0 Å². The van der Waals surface area contributed by atoms with E-state index in [0.717, 1.165) is 11.4 Å². The zero-order valence-electron chi connectivity index (χ0n) is 15.8. The monoisotopic (exact) mass is 392 g/mol. The first-order valence-electron chi connectivity index (χ1n) is 9.10. The van der Waals surface area contributed by atoms with E-state index in [2.05, 4.69) is 10.2 Å². The summed E-state index contributed by atoms with van der Waals surface area (Å²) in [6.07, 6.45) is 2.42. The zero-order valence-corrected chi connectivity index (χ0v) is 15.8. The smallest absolute Gasteiger partial charge is 0.295 e. The Morgan fingerprint density at radius 3 is 2.52 bits per heavy atom. The highest BCUT2D eigenvalue weighted by atomic mass is 16.5. The predicted molar refractivity (Wildman–Crippen MR) is 108 cm³/mol. The van der Waals surface area contributed by atoms with Crippen LogP contribution in [0, 0.1) is 0 Å². The summed E-state index contributed by atoms with van der Waals surface area (Å²) in [4.78, 5) is 12.7. The summed E-state index contributed by atoms with van der Waals surface area (Å²) in [5, 5.41) is 19.4. The fourth-order valence-electron chi connectivity index (χ4n) is 2.91. The van der Waals surface area contributed by atoms with Crippen molar-refractivity contribution in [1.29, 1.82) is 0 Å². The first-order valence-corrected chi connectivity index (χ1v) is 9.10. The van der Waals surface area contributed by atoms with Gasteiger partial charge in [0, 0.05) is 11.6 Å². The molecule has 0 spiro atoms. The second-order valence-electron chi connectivity index (χ2n) is 6.49. The van der Waals surface area contributed by atoms with E-state index < -0.39 is 6.10 Å². The van der Waals surface area contributed by atoms with E-state index in [1.165, 1.54) is 4.68 Å². The van der Waals surface area contributed by atoms with E-state index in [0.29, 0.717) is 16.7 Å². The van der Waals surface area contributed by atoms with Crippen LogP contribution in [-0.2, 0) is 6.54 Å². The highest BCUT2D eigenvalue weighted by Crippen LogP contribution is 2.17. The van der Waals surface area contributed by atoms with Crippen molar-refractivity contribution in [3.8, 4) is 17.2 Å². The van der Waals surface area contributed by atoms with E-state index in [1.807, 2.05) is 30.3 Å². The van der Waals surface area contributed by atoms with E-state index in [9.17, 15) is 9.90 Å². The second-order valence-corrected chi connectivity index (χ2v) is 6.49. The number of nitrogens with zero attached hydrogens (tertiary/aromatic N) is 4. The minimum absolute atomic E-state index is 0.00310. The van der Waals surface area contributed by atoms with Crippen LogP contribution in [0.1, 0.15) is 0 Å². The molecule has 1 atom stereocenters. The van der Waals surface area contributed by atoms with Gasteiger partial charge in [0.2, 0.25) is 0 Å². The number of aliphatic hydroxyl groups is 1. The third-order valence-corrected chi connectivity index (χ3v) is 4.42. The van der Waals surface area contributed by atoms with Crippen molar-refractivity contribution in [1.82, 2.24) is 19.6 Å². The minimum atomic E-state index is -0.907. The standard InChI is InChI=1S/C21H20N4O4/c1-28-18-7-9-19(10-8-18)29-14-17(26)13-25-21(27)20-15(11-22-25)12-24(23-20)16-5-3-2-4-6-16/h2-12,17,26H,13-14H2,1H3. The maximum atomic E-state index is 12.7. The van der Waals surface area contributed by atoms with Crippen LogP contribution in [0.5, 0.6) is 11.5 Å². The van der Waals surface area contributed by atoms with E-state index in [4.69, 9.17) is 9.47 Å². The molecule has 0 amide bonds. The molecule has 4 aromatic rings. The molecule has 0 fully saturated rings. The molecule has 0 bridgehead atoms. The number of benzene rings is 2. The van der Waals surface area contributed by atoms with Crippen LogP contribution in [0.15, 0.2) is 71.8 Å². The maximum absolute atomic E-state index is 12.7. The predicted octanol–water partition coefficient (Wildman–Crippen LogP) is 2.03. The lowest BCUT2D eigenvalue weighted by Crippen LogP contribution is -2.31. The van der Waals surface area contributed by atoms with Gasteiger partial charge in [-0.3, -0.25) is 4.79 Å². The first-order chi connectivity index (χ1) is 14.1. The maximum Gasteiger partial charge on any atom is 0.295 e. The van der Waals surface area contributed by atoms with Crippen LogP contribution in [0.25, 0.3) is 16.6 Å². The Kier molecular flexibility index (Phi) is 5.26. The Balaban J connectivity index is 1.47. The Hall–Kier alpha value is -3.65. The van der Waals surface area contributed by atoms with Crippen molar-refractivity contribution in [2.45, 2.75) is 12.6 Å². The fourth-order valence-corrected chi connectivity index (χ4v) is 2.91. The van der Waals surface area contributed by atoms with Crippen molar-refractivity contribution in [3.05, 3.63) is 77.3 Å². The van der Waals surface area contributed by atoms with Gasteiger partial charge in [0.15, 0.2) is 5.52 Å². The highest BCUT2D eigenvalue weighted by Gasteiger charge is 2.13. The summed E-state index contributed by atoms with van der Waals surface area (Å²) in [7, 11) is 1.59. The molecule has 0 saturated heterocycles. The van der Waals surface area contributed by atoms with Crippen LogP contribution in [-0.4, -0.2) is 44.5 Å². The van der Waals surface area contributed by atoms with Crippen LogP contribution < -0.4 is 15.0 Å². The Bertz CT molecular complexity index is 1150. The summed E-state index contributed by atoms with van der Waals surface area (Å²) in [5.41, 5.74) is 0.787. The fraction of sp³-hybridized carbons (Fsp3) is 0.190. The Labute approximate surface area is 166 Å². The molecule has 0 saturated carbocycles. The molecule has 2 aromatic heterocycles. The van der Waals surface area contributed by atoms with Gasteiger partial charge in [0.05, 0.1) is 25.5 Å². The molecular formula is C21H20N4O4. The second kappa shape index (κ2) is 8.15. The number of aromatic nitrogens is 4. The molecule has 0 aliphatic carbocycles. The van der Waals surface area contributed by atoms with Crippen molar-refractivity contribution < 1.29 is 14.6 Å². The van der Waals surface area contributed by atoms with Crippen molar-refractivity contribution in [2.75, 3.05) is 13.7 Å². The molecule has 0 radical (unpaired) electrons. The van der Waals surface area contributed by atoms with Gasteiger partial charge in [0.25, 0.3) is 5.56 Å². The van der Waals surface area contributed by atoms with Crippen molar-refractivity contribution >= 4 is 10.9 Å². The first kappa shape index (κ1) is 18.7. The SMILES string of the molecule is COc1ccc(OCC(O)Cn2ncc3cn(-c4ccccc4)nc3c2=O)cc1. The molecule has 8 nitrogen and oxygen atoms in total. The van der Waals surface area contributed by atoms with E-state index in [-0.39, 0.29) is 18.7 Å². The highest BCUT2D eigenvalue weighted by molar-refractivity contribution is 5.76. The number of hydrogen-bond acceptors (Lipinski definition) is 6. The van der Waals surface area contributed by atoms with Crippen LogP contribution in [0.2, 0.25) is 0 Å². The third kappa shape index (κ3) is 4.12. The molecule has 0 aliphatic heterocycles. The average molecular weight is 392 g/mol. The number of ether oxygens (including phenoxy) is 2. The summed E-state index contributed by atoms with van der Waals surface area (Å²) >= 11 is 0. The number of hydrogen-bond donors (Lipinski definition) is 1. The van der Waals surface area contributed by atoms with Crippen LogP contribution in [0.3, 0.4) is 0 Å². The molecule has 1 unspecified atom stereocenters. The van der Waals surface area contributed by atoms with Crippen LogP contribution in [0.4, 0.5) is 0 Å². The van der Waals surface area contributed by atoms with Gasteiger partial charge >= 0.3 is 0 Å². The summed E-state index contributed by atoms with van der Waals surface area (Å²) in [6, 6.07) is 16.5. The molecule has 2 heterocycles. The molecule has 29 heavy (non-hydrogen) atoms. The number of methoxy groups -OCH3 is 1. The largest absolute Gasteiger partial charge is 0.497 e. The van der Waals surface area contributed by atoms with E-state index in [1.54, 1.807) is 48.5 Å². The zero-order chi connectivity index (χ0) is 20.2. The molecular weight excluding hydrogens is 372 g/mol. The number of rotatable bonds is 7. The number of para-hydroxylation sites is 1. The summed E-state index contributed by atoms with van der Waals surface area (Å²) in [6.45, 7) is 0.0278. The van der Waals surface area contributed by atoms with Gasteiger partial charge in [-0.2, -0.15) is 10.2 Å². The topological polar surface area (TPSA) is 91.4 Å². The molecule has 0 aliphatic rings. The molecule has 2 aromatic carbocycles. The average Bonchev–Trinajstić information content (AvgIpc) is 3.20. The molecule has 148 valence electrons. The number of fused-ring (bicyclic) bond motifs is 1. The van der Waals surface area contributed by atoms with Gasteiger partial charge in [0.1, 0.15) is 24.2 Å². The minimum Gasteiger partial charge on any atom is -0.497 e. The lowest BCUT2D eigenvalue weighted by molar-refractivity contribution is 0.0881. The van der Waals surface area contributed by atoms with Crippen molar-refractivity contribution in [3.63, 3.8) is 0 Å². The summed E-state index contributed by atoms with van der Waals surface area (Å²) < 4.78 is 13.5. The van der Waals surface area contributed by atoms with E-state index >= 15 is 0 Å². The molecule has 1 N–H and O–H groups in total. The van der Waals surface area contributed by atoms with Gasteiger partial charge in [-0.05, 0) is 36.4 Å². The Morgan fingerprint density at radius 2 is 1.79 bits per heavy atom. The lowest BCUT2D eigenvalue weighted by Gasteiger charge is -2.13. The van der Waals surface area contributed by atoms with Gasteiger partial charge in [-0.15, -0.1) is 0 Å². The summed E-state index contributed by atoms with van der Waals surface area (Å²) in [5.74, 6) is 1.32. The third-order valence-electron chi connectivity index (χ3n) is 4.42. The molecule has 8 heteroatoms. The van der Waals surface area contributed by atoms with Gasteiger partial charge < -0.3 is 14.6 Å². The van der Waals surface area contributed by atoms with Gasteiger partial charge in [-0.25, -0.2) is 9.36 Å². The number of aliphatic hydroxyl groups excluding tert-OH is 1. The van der Waals surface area contributed by atoms with Gasteiger partial charge in [-0.1, -0.05) is 18.2 Å². The Morgan fingerprint density at radius 1 is 1.07 bits per heavy atom.